The minimum absolute atomic E-state index is 0.0807. The molecule has 0 unspecified atom stereocenters. The number of nitrogens with zero attached hydrogens (tertiary/aromatic N) is 4. The van der Waals surface area contributed by atoms with Crippen LogP contribution in [0.1, 0.15) is 17.9 Å². The number of anilines is 1. The van der Waals surface area contributed by atoms with E-state index in [-0.39, 0.29) is 24.4 Å². The lowest BCUT2D eigenvalue weighted by atomic mass is 10.1. The second-order valence-corrected chi connectivity index (χ2v) is 5.53. The number of pyridine rings is 1. The lowest BCUT2D eigenvalue weighted by Crippen LogP contribution is -2.13. The summed E-state index contributed by atoms with van der Waals surface area (Å²) in [4.78, 5) is 30.8. The second-order valence-electron chi connectivity index (χ2n) is 5.53. The maximum Gasteiger partial charge on any atom is 0.271 e. The van der Waals surface area contributed by atoms with E-state index in [1.54, 1.807) is 31.3 Å². The van der Waals surface area contributed by atoms with Gasteiger partial charge in [0.2, 0.25) is 17.6 Å². The van der Waals surface area contributed by atoms with Crippen molar-refractivity contribution in [2.75, 3.05) is 5.32 Å². The van der Waals surface area contributed by atoms with Crippen LogP contribution in [0.25, 0.3) is 11.5 Å². The average molecular weight is 353 g/mol. The molecule has 2 aromatic heterocycles. The number of nitro benzene ring substituents is 1. The molecule has 2 heterocycles. The number of non-ortho nitro benzene ring substituents is 1. The van der Waals surface area contributed by atoms with Crippen molar-refractivity contribution in [3.8, 4) is 11.5 Å². The quantitative estimate of drug-likeness (QED) is 0.533. The standard InChI is InChI=1S/C17H15N5O4/c1-11-5-6-12(22(24)25)10-14(11)19-15(23)7-8-16-20-17(21-26-16)13-4-2-3-9-18-13/h2-6,9-10H,7-8H2,1H3,(H,19,23). The second kappa shape index (κ2) is 7.51. The van der Waals surface area contributed by atoms with Crippen LogP contribution in [0.2, 0.25) is 0 Å². The lowest BCUT2D eigenvalue weighted by Gasteiger charge is -2.07. The predicted octanol–water partition coefficient (Wildman–Crippen LogP) is 2.92. The van der Waals surface area contributed by atoms with Gasteiger partial charge < -0.3 is 9.84 Å². The first kappa shape index (κ1) is 17.2. The predicted molar refractivity (Wildman–Crippen MR) is 92.3 cm³/mol. The van der Waals surface area contributed by atoms with Crippen molar-refractivity contribution in [1.82, 2.24) is 15.1 Å². The summed E-state index contributed by atoms with van der Waals surface area (Å²) < 4.78 is 5.12. The Labute approximate surface area is 148 Å². The Balaban J connectivity index is 1.61. The van der Waals surface area contributed by atoms with Crippen LogP contribution in [0.4, 0.5) is 11.4 Å². The van der Waals surface area contributed by atoms with Crippen LogP contribution < -0.4 is 5.32 Å². The first-order chi connectivity index (χ1) is 12.5. The Morgan fingerprint density at radius 2 is 2.15 bits per heavy atom. The van der Waals surface area contributed by atoms with Gasteiger partial charge in [-0.2, -0.15) is 4.98 Å². The molecule has 0 radical (unpaired) electrons. The van der Waals surface area contributed by atoms with Gasteiger partial charge in [-0.25, -0.2) is 0 Å². The zero-order chi connectivity index (χ0) is 18.5. The molecule has 1 N–H and O–H groups in total. The van der Waals surface area contributed by atoms with Gasteiger partial charge in [0.15, 0.2) is 0 Å². The first-order valence-electron chi connectivity index (χ1n) is 7.82. The largest absolute Gasteiger partial charge is 0.339 e. The number of benzene rings is 1. The fraction of sp³-hybridized carbons (Fsp3) is 0.176. The molecule has 0 atom stereocenters. The van der Waals surface area contributed by atoms with Crippen molar-refractivity contribution < 1.29 is 14.2 Å². The number of carbonyl (C=O) groups excluding carboxylic acids is 1. The summed E-state index contributed by atoms with van der Waals surface area (Å²) in [7, 11) is 0. The molecule has 0 aliphatic rings. The minimum atomic E-state index is -0.507. The SMILES string of the molecule is Cc1ccc([N+](=O)[O-])cc1NC(=O)CCc1nc(-c2ccccn2)no1. The number of aromatic nitrogens is 3. The van der Waals surface area contributed by atoms with Crippen molar-refractivity contribution in [2.45, 2.75) is 19.8 Å². The van der Waals surface area contributed by atoms with Crippen LogP contribution in [-0.2, 0) is 11.2 Å². The summed E-state index contributed by atoms with van der Waals surface area (Å²) in [5, 5.41) is 17.3. The third-order valence-electron chi connectivity index (χ3n) is 3.63. The zero-order valence-corrected chi connectivity index (χ0v) is 13.9. The fourth-order valence-electron chi connectivity index (χ4n) is 2.25. The molecule has 0 bridgehead atoms. The van der Waals surface area contributed by atoms with Gasteiger partial charge in [0.05, 0.1) is 10.6 Å². The van der Waals surface area contributed by atoms with E-state index >= 15 is 0 Å². The van der Waals surface area contributed by atoms with E-state index in [1.165, 1.54) is 12.1 Å². The van der Waals surface area contributed by atoms with E-state index < -0.39 is 4.92 Å². The number of nitro groups is 1. The highest BCUT2D eigenvalue weighted by atomic mass is 16.6. The Hall–Kier alpha value is -3.62. The molecule has 0 aliphatic heterocycles. The fourth-order valence-corrected chi connectivity index (χ4v) is 2.25. The van der Waals surface area contributed by atoms with E-state index in [9.17, 15) is 14.9 Å². The average Bonchev–Trinajstić information content (AvgIpc) is 3.11. The van der Waals surface area contributed by atoms with Gasteiger partial charge in [-0.15, -0.1) is 0 Å². The molecule has 132 valence electrons. The molecule has 3 rings (SSSR count). The molecule has 0 saturated carbocycles. The Morgan fingerprint density at radius 1 is 1.31 bits per heavy atom. The maximum absolute atomic E-state index is 12.1. The topological polar surface area (TPSA) is 124 Å². The van der Waals surface area contributed by atoms with Gasteiger partial charge in [0.1, 0.15) is 5.69 Å². The van der Waals surface area contributed by atoms with E-state index in [0.717, 1.165) is 5.56 Å². The van der Waals surface area contributed by atoms with Crippen LogP contribution in [0, 0.1) is 17.0 Å². The molecule has 9 nitrogen and oxygen atoms in total. The van der Waals surface area contributed by atoms with Crippen LogP contribution in [0.3, 0.4) is 0 Å². The van der Waals surface area contributed by atoms with Crippen molar-refractivity contribution in [3.63, 3.8) is 0 Å². The summed E-state index contributed by atoms with van der Waals surface area (Å²) in [5.41, 5.74) is 1.64. The third kappa shape index (κ3) is 4.07. The van der Waals surface area contributed by atoms with Crippen molar-refractivity contribution in [1.29, 1.82) is 0 Å². The first-order valence-corrected chi connectivity index (χ1v) is 7.82. The van der Waals surface area contributed by atoms with Gasteiger partial charge >= 0.3 is 0 Å². The number of nitrogens with one attached hydrogen (secondary N) is 1. The Kier molecular flexibility index (Phi) is 4.97. The number of rotatable bonds is 6. The normalized spacial score (nSPS) is 10.5. The Bertz CT molecular complexity index is 939. The van der Waals surface area contributed by atoms with E-state index in [2.05, 4.69) is 20.4 Å². The van der Waals surface area contributed by atoms with Gasteiger partial charge in [-0.05, 0) is 24.6 Å². The number of carbonyl (C=O) groups is 1. The van der Waals surface area contributed by atoms with Gasteiger partial charge in [0.25, 0.3) is 5.69 Å². The number of amides is 1. The summed E-state index contributed by atoms with van der Waals surface area (Å²) in [6.07, 6.45) is 1.98. The monoisotopic (exact) mass is 353 g/mol. The van der Waals surface area contributed by atoms with E-state index in [0.29, 0.717) is 23.1 Å². The molecular formula is C17H15N5O4. The van der Waals surface area contributed by atoms with Crippen molar-refractivity contribution in [3.05, 3.63) is 64.2 Å². The lowest BCUT2D eigenvalue weighted by molar-refractivity contribution is -0.384. The molecule has 0 spiro atoms. The van der Waals surface area contributed by atoms with Gasteiger partial charge in [-0.3, -0.25) is 19.9 Å². The van der Waals surface area contributed by atoms with E-state index in [4.69, 9.17) is 4.52 Å². The molecule has 26 heavy (non-hydrogen) atoms. The molecule has 0 aliphatic carbocycles. The number of aryl methyl sites for hydroxylation is 2. The highest BCUT2D eigenvalue weighted by Crippen LogP contribution is 2.22. The van der Waals surface area contributed by atoms with Crippen molar-refractivity contribution >= 4 is 17.3 Å². The summed E-state index contributed by atoms with van der Waals surface area (Å²) in [5.74, 6) is 0.373. The summed E-state index contributed by atoms with van der Waals surface area (Å²) >= 11 is 0. The van der Waals surface area contributed by atoms with Crippen LogP contribution >= 0.6 is 0 Å². The van der Waals surface area contributed by atoms with Crippen LogP contribution in [0.15, 0.2) is 47.1 Å². The number of hydrogen-bond acceptors (Lipinski definition) is 7. The van der Waals surface area contributed by atoms with Crippen molar-refractivity contribution in [2.24, 2.45) is 0 Å². The zero-order valence-electron chi connectivity index (χ0n) is 13.9. The van der Waals surface area contributed by atoms with Crippen LogP contribution in [-0.4, -0.2) is 26.0 Å². The molecular weight excluding hydrogens is 338 g/mol. The molecule has 1 amide bonds. The summed E-state index contributed by atoms with van der Waals surface area (Å²) in [6.45, 7) is 1.76. The highest BCUT2D eigenvalue weighted by molar-refractivity contribution is 5.91. The number of hydrogen-bond donors (Lipinski definition) is 1. The molecule has 1 aromatic carbocycles. The minimum Gasteiger partial charge on any atom is -0.339 e. The Morgan fingerprint density at radius 3 is 2.88 bits per heavy atom. The smallest absolute Gasteiger partial charge is 0.271 e. The molecule has 3 aromatic rings. The van der Waals surface area contributed by atoms with E-state index in [1.807, 2.05) is 6.07 Å². The highest BCUT2D eigenvalue weighted by Gasteiger charge is 2.14. The molecule has 0 saturated heterocycles. The molecule has 9 heteroatoms. The van der Waals surface area contributed by atoms with Gasteiger partial charge in [-0.1, -0.05) is 17.3 Å². The molecule has 0 fully saturated rings. The van der Waals surface area contributed by atoms with Gasteiger partial charge in [0, 0.05) is 31.2 Å². The summed E-state index contributed by atoms with van der Waals surface area (Å²) in [6, 6.07) is 9.66. The van der Waals surface area contributed by atoms with Crippen LogP contribution in [0.5, 0.6) is 0 Å². The third-order valence-corrected chi connectivity index (χ3v) is 3.63. The maximum atomic E-state index is 12.1.